The quantitative estimate of drug-likeness (QED) is 0.849. The molecule has 0 bridgehead atoms. The molecule has 1 aliphatic rings. The van der Waals surface area contributed by atoms with Crippen molar-refractivity contribution in [1.29, 1.82) is 0 Å². The van der Waals surface area contributed by atoms with Crippen LogP contribution in [0.5, 0.6) is 0 Å². The number of carboxylic acid groups (broad SMARTS) is 1. The van der Waals surface area contributed by atoms with E-state index >= 15 is 0 Å². The molecule has 8 heteroatoms. The van der Waals surface area contributed by atoms with Gasteiger partial charge in [0.2, 0.25) is 0 Å². The fourth-order valence-corrected chi connectivity index (χ4v) is 2.62. The van der Waals surface area contributed by atoms with E-state index < -0.39 is 5.97 Å². The Morgan fingerprint density at radius 1 is 1.42 bits per heavy atom. The molecule has 19 heavy (non-hydrogen) atoms. The third-order valence-corrected chi connectivity index (χ3v) is 3.46. The fraction of sp³-hybridized carbons (Fsp3) is 0.545. The zero-order chi connectivity index (χ0) is 13.2. The van der Waals surface area contributed by atoms with E-state index in [9.17, 15) is 4.79 Å². The van der Waals surface area contributed by atoms with Gasteiger partial charge < -0.3 is 10.0 Å². The minimum atomic E-state index is -0.864. The van der Waals surface area contributed by atoms with Crippen molar-refractivity contribution < 1.29 is 9.90 Å². The van der Waals surface area contributed by atoms with Gasteiger partial charge in [-0.25, -0.2) is 0 Å². The van der Waals surface area contributed by atoms with Crippen LogP contribution >= 0.6 is 0 Å². The Bertz CT molecular complexity index is 592. The number of anilines is 1. The molecule has 0 aromatic carbocycles. The van der Waals surface area contributed by atoms with E-state index in [0.29, 0.717) is 11.5 Å². The second kappa shape index (κ2) is 4.79. The first-order chi connectivity index (χ1) is 9.25. The molecular formula is C11H14N6O2. The van der Waals surface area contributed by atoms with Gasteiger partial charge in [-0.1, -0.05) is 12.8 Å². The third kappa shape index (κ3) is 2.20. The van der Waals surface area contributed by atoms with Crippen LogP contribution in [-0.2, 0) is 4.79 Å². The van der Waals surface area contributed by atoms with Crippen LogP contribution in [-0.4, -0.2) is 48.7 Å². The number of aromatic nitrogens is 5. The Hall–Kier alpha value is -2.25. The van der Waals surface area contributed by atoms with Crippen molar-refractivity contribution in [3.05, 3.63) is 12.4 Å². The minimum Gasteiger partial charge on any atom is -0.480 e. The molecule has 100 valence electrons. The van der Waals surface area contributed by atoms with Gasteiger partial charge in [-0.2, -0.15) is 4.52 Å². The fourth-order valence-electron chi connectivity index (χ4n) is 2.62. The lowest BCUT2D eigenvalue weighted by Gasteiger charge is -2.28. The van der Waals surface area contributed by atoms with Crippen LogP contribution in [0.1, 0.15) is 25.7 Å². The Balaban J connectivity index is 2.02. The van der Waals surface area contributed by atoms with E-state index in [1.807, 2.05) is 4.90 Å². The van der Waals surface area contributed by atoms with E-state index in [0.717, 1.165) is 25.7 Å². The number of tetrazole rings is 1. The van der Waals surface area contributed by atoms with E-state index in [4.69, 9.17) is 5.11 Å². The molecule has 2 aromatic rings. The van der Waals surface area contributed by atoms with Crippen LogP contribution in [0.25, 0.3) is 5.65 Å². The van der Waals surface area contributed by atoms with E-state index in [-0.39, 0.29) is 12.6 Å². The molecule has 2 heterocycles. The summed E-state index contributed by atoms with van der Waals surface area (Å²) in [5, 5.41) is 20.4. The smallest absolute Gasteiger partial charge is 0.323 e. The maximum atomic E-state index is 11.1. The summed E-state index contributed by atoms with van der Waals surface area (Å²) in [5.74, 6) is -0.228. The summed E-state index contributed by atoms with van der Waals surface area (Å²) in [6.07, 6.45) is 7.40. The second-order valence-corrected chi connectivity index (χ2v) is 4.67. The summed E-state index contributed by atoms with van der Waals surface area (Å²) >= 11 is 0. The molecule has 0 unspecified atom stereocenters. The van der Waals surface area contributed by atoms with Crippen LogP contribution in [0.15, 0.2) is 12.4 Å². The summed E-state index contributed by atoms with van der Waals surface area (Å²) in [7, 11) is 0. The Labute approximate surface area is 109 Å². The van der Waals surface area contributed by atoms with Crippen molar-refractivity contribution in [2.75, 3.05) is 11.4 Å². The maximum Gasteiger partial charge on any atom is 0.323 e. The molecule has 0 aliphatic heterocycles. The molecule has 0 amide bonds. The largest absolute Gasteiger partial charge is 0.480 e. The van der Waals surface area contributed by atoms with Crippen LogP contribution in [0, 0.1) is 0 Å². The average molecular weight is 262 g/mol. The van der Waals surface area contributed by atoms with Gasteiger partial charge in [-0.3, -0.25) is 9.78 Å². The van der Waals surface area contributed by atoms with Crippen LogP contribution in [0.3, 0.4) is 0 Å². The van der Waals surface area contributed by atoms with Crippen molar-refractivity contribution in [3.63, 3.8) is 0 Å². The SMILES string of the molecule is O=C(O)CN(c1cncc2nnnn12)C1CCCC1. The number of nitrogens with zero attached hydrogens (tertiary/aromatic N) is 6. The molecule has 0 saturated heterocycles. The van der Waals surface area contributed by atoms with Gasteiger partial charge in [0.1, 0.15) is 6.54 Å². The number of aliphatic carboxylic acids is 1. The van der Waals surface area contributed by atoms with Gasteiger partial charge in [0.15, 0.2) is 11.5 Å². The molecule has 1 fully saturated rings. The van der Waals surface area contributed by atoms with Gasteiger partial charge in [0.05, 0.1) is 12.4 Å². The Kier molecular flexibility index (Phi) is 2.98. The number of carbonyl (C=O) groups is 1. The lowest BCUT2D eigenvalue weighted by molar-refractivity contribution is -0.135. The first kappa shape index (κ1) is 11.8. The lowest BCUT2D eigenvalue weighted by Crippen LogP contribution is -2.39. The standard InChI is InChI=1S/C11H14N6O2/c18-11(19)7-16(8-3-1-2-4-8)10-6-12-5-9-13-14-15-17(9)10/h5-6,8H,1-4,7H2,(H,18,19). The van der Waals surface area contributed by atoms with Crippen molar-refractivity contribution in [3.8, 4) is 0 Å². The Morgan fingerprint density at radius 3 is 2.95 bits per heavy atom. The highest BCUT2D eigenvalue weighted by molar-refractivity contribution is 5.73. The topological polar surface area (TPSA) is 96.5 Å². The molecule has 1 aliphatic carbocycles. The van der Waals surface area contributed by atoms with E-state index in [1.165, 1.54) is 4.52 Å². The monoisotopic (exact) mass is 262 g/mol. The highest BCUT2D eigenvalue weighted by Gasteiger charge is 2.26. The summed E-state index contributed by atoms with van der Waals surface area (Å²) < 4.78 is 1.54. The molecular weight excluding hydrogens is 248 g/mol. The number of carboxylic acids is 1. The average Bonchev–Trinajstić information content (AvgIpc) is 3.05. The first-order valence-corrected chi connectivity index (χ1v) is 6.26. The minimum absolute atomic E-state index is 0.0642. The maximum absolute atomic E-state index is 11.1. The van der Waals surface area contributed by atoms with Crippen molar-refractivity contribution in [1.82, 2.24) is 25.0 Å². The highest BCUT2D eigenvalue weighted by Crippen LogP contribution is 2.27. The van der Waals surface area contributed by atoms with E-state index in [1.54, 1.807) is 12.4 Å². The third-order valence-electron chi connectivity index (χ3n) is 3.46. The highest BCUT2D eigenvalue weighted by atomic mass is 16.4. The van der Waals surface area contributed by atoms with Gasteiger partial charge in [0.25, 0.3) is 0 Å². The number of hydrogen-bond acceptors (Lipinski definition) is 6. The summed E-state index contributed by atoms with van der Waals surface area (Å²) in [6, 6.07) is 0.215. The lowest BCUT2D eigenvalue weighted by atomic mass is 10.2. The molecule has 0 spiro atoms. The summed E-state index contributed by atoms with van der Waals surface area (Å²) in [4.78, 5) is 17.0. The second-order valence-electron chi connectivity index (χ2n) is 4.67. The zero-order valence-electron chi connectivity index (χ0n) is 10.3. The van der Waals surface area contributed by atoms with Crippen molar-refractivity contribution in [2.24, 2.45) is 0 Å². The zero-order valence-corrected chi connectivity index (χ0v) is 10.3. The first-order valence-electron chi connectivity index (χ1n) is 6.26. The van der Waals surface area contributed by atoms with Crippen LogP contribution < -0.4 is 4.90 Å². The molecule has 0 radical (unpaired) electrons. The molecule has 2 aromatic heterocycles. The Morgan fingerprint density at radius 2 is 2.21 bits per heavy atom. The molecule has 8 nitrogen and oxygen atoms in total. The summed E-state index contributed by atoms with van der Waals surface area (Å²) in [5.41, 5.74) is 0.519. The molecule has 0 atom stereocenters. The normalized spacial score (nSPS) is 16.0. The molecule has 1 N–H and O–H groups in total. The van der Waals surface area contributed by atoms with Gasteiger partial charge in [0, 0.05) is 6.04 Å². The number of fused-ring (bicyclic) bond motifs is 1. The summed E-state index contributed by atoms with van der Waals surface area (Å²) in [6.45, 7) is -0.0642. The predicted octanol–water partition coefficient (Wildman–Crippen LogP) is 0.353. The van der Waals surface area contributed by atoms with Crippen molar-refractivity contribution in [2.45, 2.75) is 31.7 Å². The molecule has 1 saturated carbocycles. The van der Waals surface area contributed by atoms with Crippen molar-refractivity contribution >= 4 is 17.4 Å². The van der Waals surface area contributed by atoms with Gasteiger partial charge >= 0.3 is 5.97 Å². The number of hydrogen-bond donors (Lipinski definition) is 1. The number of rotatable bonds is 4. The van der Waals surface area contributed by atoms with E-state index in [2.05, 4.69) is 20.5 Å². The van der Waals surface area contributed by atoms with Gasteiger partial charge in [-0.05, 0) is 23.3 Å². The van der Waals surface area contributed by atoms with Crippen LogP contribution in [0.4, 0.5) is 5.82 Å². The predicted molar refractivity (Wildman–Crippen MR) is 65.8 cm³/mol. The van der Waals surface area contributed by atoms with Gasteiger partial charge in [-0.15, -0.1) is 5.10 Å². The molecule has 3 rings (SSSR count). The van der Waals surface area contributed by atoms with Crippen LogP contribution in [0.2, 0.25) is 0 Å².